The van der Waals surface area contributed by atoms with Crippen LogP contribution in [0.5, 0.6) is 0 Å². The maximum atomic E-state index is 12.6. The molecule has 13 heteroatoms. The Morgan fingerprint density at radius 3 is 2.31 bits per heavy atom. The number of aromatic amines is 1. The first-order valence-electron chi connectivity index (χ1n) is 13.4. The molecule has 1 amide bonds. The van der Waals surface area contributed by atoms with Crippen molar-refractivity contribution in [1.29, 1.82) is 0 Å². The highest BCUT2D eigenvalue weighted by Gasteiger charge is 2.20. The summed E-state index contributed by atoms with van der Waals surface area (Å²) < 4.78 is 0. The molecule has 3 aromatic carbocycles. The van der Waals surface area contributed by atoms with E-state index in [9.17, 15) is 14.9 Å². The standard InChI is InChI=1S/C29H28Cl2N8O3/c30-23-14-24(31)16-25(15-23)32-27(18-39(41)42)38(26-12-10-21(11-13-26)20-4-2-1-3-5-20)17-19-6-8-22(9-7-19)28(40)33-29-34-36-37-35-29/h6-16,18,20,32H,1-5,17H2,(H2,33,34,35,36,37,40)/b27-18-. The van der Waals surface area contributed by atoms with Crippen molar-refractivity contribution in [2.24, 2.45) is 0 Å². The van der Waals surface area contributed by atoms with Crippen LogP contribution in [0, 0.1) is 10.1 Å². The van der Waals surface area contributed by atoms with Crippen molar-refractivity contribution in [3.05, 3.63) is 116 Å². The van der Waals surface area contributed by atoms with Crippen molar-refractivity contribution >= 4 is 46.4 Å². The van der Waals surface area contributed by atoms with Crippen LogP contribution in [0.1, 0.15) is 59.5 Å². The van der Waals surface area contributed by atoms with Crippen LogP contribution in [0.4, 0.5) is 17.3 Å². The molecule has 11 nitrogen and oxygen atoms in total. The van der Waals surface area contributed by atoms with Crippen molar-refractivity contribution in [2.75, 3.05) is 15.5 Å². The number of carbonyl (C=O) groups is 1. The summed E-state index contributed by atoms with van der Waals surface area (Å²) >= 11 is 12.4. The number of hydrogen-bond acceptors (Lipinski definition) is 8. The lowest BCUT2D eigenvalue weighted by Gasteiger charge is -2.28. The first kappa shape index (κ1) is 29.0. The van der Waals surface area contributed by atoms with Crippen LogP contribution < -0.4 is 15.5 Å². The lowest BCUT2D eigenvalue weighted by molar-refractivity contribution is -0.403. The van der Waals surface area contributed by atoms with Crippen LogP contribution in [0.3, 0.4) is 0 Å². The predicted octanol–water partition coefficient (Wildman–Crippen LogP) is 7.00. The van der Waals surface area contributed by atoms with Gasteiger partial charge in [-0.3, -0.25) is 20.2 Å². The fourth-order valence-corrected chi connectivity index (χ4v) is 5.58. The predicted molar refractivity (Wildman–Crippen MR) is 162 cm³/mol. The summed E-state index contributed by atoms with van der Waals surface area (Å²) in [5, 5.41) is 31.4. The minimum atomic E-state index is -0.511. The van der Waals surface area contributed by atoms with Gasteiger partial charge in [0.2, 0.25) is 0 Å². The van der Waals surface area contributed by atoms with Crippen LogP contribution in [0.2, 0.25) is 10.0 Å². The molecule has 1 saturated carbocycles. The molecule has 216 valence electrons. The second kappa shape index (κ2) is 13.5. The van der Waals surface area contributed by atoms with E-state index >= 15 is 0 Å². The Balaban J connectivity index is 1.45. The molecule has 1 aliphatic carbocycles. The van der Waals surface area contributed by atoms with Gasteiger partial charge in [-0.25, -0.2) is 0 Å². The monoisotopic (exact) mass is 606 g/mol. The summed E-state index contributed by atoms with van der Waals surface area (Å²) in [6.45, 7) is 0.260. The van der Waals surface area contributed by atoms with Gasteiger partial charge in [0.05, 0.1) is 4.92 Å². The molecule has 1 aromatic heterocycles. The molecule has 0 atom stereocenters. The van der Waals surface area contributed by atoms with E-state index in [2.05, 4.69) is 43.4 Å². The van der Waals surface area contributed by atoms with Crippen molar-refractivity contribution in [3.8, 4) is 0 Å². The van der Waals surface area contributed by atoms with Gasteiger partial charge in [0.15, 0.2) is 5.82 Å². The van der Waals surface area contributed by atoms with Crippen molar-refractivity contribution in [2.45, 2.75) is 44.6 Å². The summed E-state index contributed by atoms with van der Waals surface area (Å²) in [5.74, 6) is 0.399. The molecule has 1 fully saturated rings. The zero-order chi connectivity index (χ0) is 29.5. The van der Waals surface area contributed by atoms with E-state index in [1.165, 1.54) is 37.7 Å². The molecule has 0 unspecified atom stereocenters. The quantitative estimate of drug-likeness (QED) is 0.129. The second-order valence-electron chi connectivity index (χ2n) is 9.98. The minimum absolute atomic E-state index is 0.0636. The molecular formula is C29H28Cl2N8O3. The molecule has 4 aromatic rings. The maximum Gasteiger partial charge on any atom is 0.275 e. The largest absolute Gasteiger partial charge is 0.336 e. The van der Waals surface area contributed by atoms with Gasteiger partial charge in [0.25, 0.3) is 18.1 Å². The number of nitro groups is 1. The molecule has 1 aliphatic rings. The van der Waals surface area contributed by atoms with Crippen molar-refractivity contribution in [3.63, 3.8) is 0 Å². The Morgan fingerprint density at radius 2 is 1.69 bits per heavy atom. The Hall–Kier alpha value is -4.48. The average Bonchev–Trinajstić information content (AvgIpc) is 3.49. The number of amides is 1. The number of nitrogens with one attached hydrogen (secondary N) is 3. The number of benzene rings is 3. The van der Waals surface area contributed by atoms with Crippen molar-refractivity contribution in [1.82, 2.24) is 20.6 Å². The molecule has 42 heavy (non-hydrogen) atoms. The number of rotatable bonds is 10. The first-order valence-corrected chi connectivity index (χ1v) is 14.2. The SMILES string of the molecule is O=C(Nc1nn[nH]n1)c1ccc(CN(/C(=C\[N+](=O)[O-])Nc2cc(Cl)cc(Cl)c2)c2ccc(C3CCCCC3)cc2)cc1. The summed E-state index contributed by atoms with van der Waals surface area (Å²) in [5.41, 5.74) is 3.72. The number of H-pyrrole nitrogens is 1. The summed E-state index contributed by atoms with van der Waals surface area (Å²) in [4.78, 5) is 25.6. The van der Waals surface area contributed by atoms with E-state index in [0.29, 0.717) is 27.2 Å². The normalized spacial score (nSPS) is 13.9. The van der Waals surface area contributed by atoms with Gasteiger partial charge in [-0.15, -0.1) is 5.10 Å². The van der Waals surface area contributed by atoms with Gasteiger partial charge in [-0.05, 0) is 77.6 Å². The van der Waals surface area contributed by atoms with Crippen LogP contribution in [0.25, 0.3) is 0 Å². The Kier molecular flexibility index (Phi) is 9.30. The summed E-state index contributed by atoms with van der Waals surface area (Å²) in [6.07, 6.45) is 6.97. The second-order valence-corrected chi connectivity index (χ2v) is 10.9. The van der Waals surface area contributed by atoms with Gasteiger partial charge in [-0.2, -0.15) is 5.21 Å². The van der Waals surface area contributed by atoms with Crippen LogP contribution in [0.15, 0.2) is 78.8 Å². The molecule has 0 bridgehead atoms. The van der Waals surface area contributed by atoms with E-state index in [-0.39, 0.29) is 18.3 Å². The number of anilines is 3. The molecule has 0 saturated heterocycles. The molecule has 3 N–H and O–H groups in total. The lowest BCUT2D eigenvalue weighted by atomic mass is 9.84. The molecule has 1 heterocycles. The van der Waals surface area contributed by atoms with Crippen LogP contribution in [-0.4, -0.2) is 31.5 Å². The van der Waals surface area contributed by atoms with Gasteiger partial charge < -0.3 is 10.2 Å². The number of nitrogens with zero attached hydrogens (tertiary/aromatic N) is 5. The highest BCUT2D eigenvalue weighted by atomic mass is 35.5. The summed E-state index contributed by atoms with van der Waals surface area (Å²) in [7, 11) is 0. The van der Waals surface area contributed by atoms with E-state index in [4.69, 9.17) is 23.2 Å². The molecule has 0 spiro atoms. The van der Waals surface area contributed by atoms with E-state index in [1.54, 1.807) is 47.4 Å². The lowest BCUT2D eigenvalue weighted by Crippen LogP contribution is -2.27. The number of hydrogen-bond donors (Lipinski definition) is 3. The third kappa shape index (κ3) is 7.62. The smallest absolute Gasteiger partial charge is 0.275 e. The van der Waals surface area contributed by atoms with E-state index in [0.717, 1.165) is 17.5 Å². The zero-order valence-electron chi connectivity index (χ0n) is 22.5. The van der Waals surface area contributed by atoms with Gasteiger partial charge >= 0.3 is 0 Å². The fourth-order valence-electron chi connectivity index (χ4n) is 5.05. The topological polar surface area (TPSA) is 142 Å². The van der Waals surface area contributed by atoms with Gasteiger partial charge in [0, 0.05) is 33.5 Å². The third-order valence-corrected chi connectivity index (χ3v) is 7.50. The molecule has 0 aliphatic heterocycles. The van der Waals surface area contributed by atoms with Crippen molar-refractivity contribution < 1.29 is 9.72 Å². The third-order valence-electron chi connectivity index (χ3n) is 7.06. The van der Waals surface area contributed by atoms with Gasteiger partial charge in [0.1, 0.15) is 0 Å². The first-order chi connectivity index (χ1) is 20.3. The fraction of sp³-hybridized carbons (Fsp3) is 0.241. The van der Waals surface area contributed by atoms with Crippen LogP contribution in [-0.2, 0) is 6.54 Å². The van der Waals surface area contributed by atoms with E-state index < -0.39 is 10.8 Å². The van der Waals surface area contributed by atoms with Gasteiger partial charge in [-0.1, -0.05) is 71.8 Å². The number of halogens is 2. The Morgan fingerprint density at radius 1 is 1.00 bits per heavy atom. The van der Waals surface area contributed by atoms with Crippen LogP contribution >= 0.6 is 23.2 Å². The Bertz CT molecular complexity index is 1530. The maximum absolute atomic E-state index is 12.6. The number of aromatic nitrogens is 4. The number of carbonyl (C=O) groups excluding carboxylic acids is 1. The zero-order valence-corrected chi connectivity index (χ0v) is 24.0. The Labute approximate surface area is 252 Å². The molecular weight excluding hydrogens is 579 g/mol. The highest BCUT2D eigenvalue weighted by molar-refractivity contribution is 6.35. The molecule has 0 radical (unpaired) electrons. The van der Waals surface area contributed by atoms with E-state index in [1.807, 2.05) is 12.1 Å². The number of tetrazole rings is 1. The summed E-state index contributed by atoms with van der Waals surface area (Å²) in [6, 6.07) is 19.9. The minimum Gasteiger partial charge on any atom is -0.336 e. The average molecular weight is 608 g/mol. The molecule has 5 rings (SSSR count). The highest BCUT2D eigenvalue weighted by Crippen LogP contribution is 2.34.